The van der Waals surface area contributed by atoms with E-state index in [-0.39, 0.29) is 17.4 Å². The first kappa shape index (κ1) is 17.6. The van der Waals surface area contributed by atoms with E-state index in [0.29, 0.717) is 13.0 Å². The van der Waals surface area contributed by atoms with E-state index in [4.69, 9.17) is 5.73 Å². The first-order valence-electron chi connectivity index (χ1n) is 7.88. The van der Waals surface area contributed by atoms with Gasteiger partial charge in [-0.3, -0.25) is 4.79 Å². The summed E-state index contributed by atoms with van der Waals surface area (Å²) in [5.74, 6) is -0.0195. The number of aromatic nitrogens is 1. The quantitative estimate of drug-likeness (QED) is 0.854. The second-order valence-corrected chi connectivity index (χ2v) is 7.64. The molecule has 124 valence electrons. The van der Waals surface area contributed by atoms with E-state index in [1.165, 1.54) is 0 Å². The second-order valence-electron chi connectivity index (χ2n) is 6.70. The smallest absolute Gasteiger partial charge is 0.221 e. The number of nitrogens with zero attached hydrogens (tertiary/aromatic N) is 1. The van der Waals surface area contributed by atoms with Crippen molar-refractivity contribution in [1.29, 1.82) is 0 Å². The Kier molecular flexibility index (Phi) is 5.91. The molecule has 0 aliphatic carbocycles. The highest BCUT2D eigenvalue weighted by Crippen LogP contribution is 2.23. The number of thiazole rings is 1. The van der Waals surface area contributed by atoms with Gasteiger partial charge in [0.2, 0.25) is 5.91 Å². The van der Waals surface area contributed by atoms with E-state index in [2.05, 4.69) is 36.5 Å². The molecule has 0 spiro atoms. The van der Waals surface area contributed by atoms with Crippen molar-refractivity contribution in [3.05, 3.63) is 52.0 Å². The van der Waals surface area contributed by atoms with E-state index in [1.807, 2.05) is 30.3 Å². The number of rotatable bonds is 6. The van der Waals surface area contributed by atoms with E-state index in [0.717, 1.165) is 22.7 Å². The minimum atomic E-state index is -0.261. The highest BCUT2D eigenvalue weighted by molar-refractivity contribution is 7.09. The number of hydrogen-bond acceptors (Lipinski definition) is 4. The van der Waals surface area contributed by atoms with Crippen molar-refractivity contribution in [2.45, 2.75) is 45.1 Å². The maximum Gasteiger partial charge on any atom is 0.221 e. The molecule has 2 aromatic rings. The fourth-order valence-electron chi connectivity index (χ4n) is 2.17. The van der Waals surface area contributed by atoms with Crippen LogP contribution < -0.4 is 11.1 Å². The number of nitrogens with one attached hydrogen (secondary N) is 1. The largest absolute Gasteiger partial charge is 0.356 e. The van der Waals surface area contributed by atoms with Crippen LogP contribution in [0, 0.1) is 0 Å². The van der Waals surface area contributed by atoms with Crippen LogP contribution in [0.1, 0.15) is 49.5 Å². The number of carbonyl (C=O) groups excluding carboxylic acids is 1. The van der Waals surface area contributed by atoms with Crippen LogP contribution >= 0.6 is 11.3 Å². The molecule has 0 aliphatic heterocycles. The van der Waals surface area contributed by atoms with Crippen molar-refractivity contribution in [2.75, 3.05) is 6.54 Å². The Hall–Kier alpha value is -1.72. The number of amides is 1. The zero-order valence-corrected chi connectivity index (χ0v) is 14.8. The number of carbonyl (C=O) groups is 1. The van der Waals surface area contributed by atoms with Gasteiger partial charge in [0.05, 0.1) is 10.7 Å². The third-order valence-corrected chi connectivity index (χ3v) is 4.52. The summed E-state index contributed by atoms with van der Waals surface area (Å²) in [5.41, 5.74) is 8.22. The van der Waals surface area contributed by atoms with Crippen molar-refractivity contribution in [3.8, 4) is 0 Å². The van der Waals surface area contributed by atoms with Crippen molar-refractivity contribution in [1.82, 2.24) is 10.3 Å². The van der Waals surface area contributed by atoms with Crippen LogP contribution in [-0.2, 0) is 16.6 Å². The average molecular weight is 331 g/mol. The maximum absolute atomic E-state index is 12.0. The van der Waals surface area contributed by atoms with Gasteiger partial charge >= 0.3 is 0 Å². The molecule has 3 N–H and O–H groups in total. The van der Waals surface area contributed by atoms with Crippen LogP contribution in [0.3, 0.4) is 0 Å². The molecular formula is C18H25N3OS. The zero-order valence-electron chi connectivity index (χ0n) is 14.0. The van der Waals surface area contributed by atoms with Crippen LogP contribution in [0.25, 0.3) is 0 Å². The molecule has 0 fully saturated rings. The first-order valence-corrected chi connectivity index (χ1v) is 8.76. The van der Waals surface area contributed by atoms with Crippen molar-refractivity contribution >= 4 is 17.2 Å². The van der Waals surface area contributed by atoms with E-state index >= 15 is 0 Å². The van der Waals surface area contributed by atoms with Crippen molar-refractivity contribution in [2.24, 2.45) is 5.73 Å². The Morgan fingerprint density at radius 3 is 2.61 bits per heavy atom. The Bertz CT molecular complexity index is 631. The molecule has 1 heterocycles. The fraction of sp³-hybridized carbons (Fsp3) is 0.444. The predicted octanol–water partition coefficient (Wildman–Crippen LogP) is 3.19. The van der Waals surface area contributed by atoms with Gasteiger partial charge in [-0.25, -0.2) is 4.98 Å². The fourth-order valence-corrected chi connectivity index (χ4v) is 3.19. The lowest BCUT2D eigenvalue weighted by molar-refractivity contribution is -0.121. The lowest BCUT2D eigenvalue weighted by atomic mass is 9.93. The number of benzene rings is 1. The zero-order chi connectivity index (χ0) is 16.9. The molecule has 1 unspecified atom stereocenters. The molecule has 0 bridgehead atoms. The van der Waals surface area contributed by atoms with Crippen LogP contribution in [0.15, 0.2) is 35.7 Å². The van der Waals surface area contributed by atoms with Gasteiger partial charge in [-0.1, -0.05) is 51.1 Å². The van der Waals surface area contributed by atoms with Gasteiger partial charge in [-0.2, -0.15) is 0 Å². The summed E-state index contributed by atoms with van der Waals surface area (Å²) in [6.07, 6.45) is 1.06. The summed E-state index contributed by atoms with van der Waals surface area (Å²) >= 11 is 1.65. The number of hydrogen-bond donors (Lipinski definition) is 2. The molecule has 1 aromatic carbocycles. The molecule has 5 heteroatoms. The molecule has 0 aliphatic rings. The second kappa shape index (κ2) is 7.70. The van der Waals surface area contributed by atoms with Gasteiger partial charge in [0.25, 0.3) is 0 Å². The molecule has 1 aromatic heterocycles. The summed E-state index contributed by atoms with van der Waals surface area (Å²) in [6.45, 7) is 7.05. The highest BCUT2D eigenvalue weighted by atomic mass is 32.1. The molecule has 1 atom stereocenters. The first-order chi connectivity index (χ1) is 10.9. The average Bonchev–Trinajstić information content (AvgIpc) is 2.97. The van der Waals surface area contributed by atoms with Crippen LogP contribution in [0.5, 0.6) is 0 Å². The van der Waals surface area contributed by atoms with Gasteiger partial charge < -0.3 is 11.1 Å². The maximum atomic E-state index is 12.0. The van der Waals surface area contributed by atoms with Gasteiger partial charge in [0.1, 0.15) is 0 Å². The third kappa shape index (κ3) is 5.44. The molecule has 0 saturated heterocycles. The molecule has 0 radical (unpaired) electrons. The van der Waals surface area contributed by atoms with Gasteiger partial charge in [0, 0.05) is 36.2 Å². The molecule has 1 amide bonds. The standard InChI is InChI=1S/C18H25N3OS/c1-18(2,3)15-12-23-17(21-15)9-10-20-16(22)11-14(19)13-7-5-4-6-8-13/h4-8,12,14H,9-11,19H2,1-3H3,(H,20,22). The Labute approximate surface area is 142 Å². The van der Waals surface area contributed by atoms with E-state index in [9.17, 15) is 4.79 Å². The van der Waals surface area contributed by atoms with Gasteiger partial charge in [-0.15, -0.1) is 11.3 Å². The molecule has 2 rings (SSSR count). The lowest BCUT2D eigenvalue weighted by Crippen LogP contribution is -2.29. The normalized spacial score (nSPS) is 12.9. The number of nitrogens with two attached hydrogens (primary N) is 1. The molecule has 4 nitrogen and oxygen atoms in total. The highest BCUT2D eigenvalue weighted by Gasteiger charge is 2.17. The minimum absolute atomic E-state index is 0.0195. The van der Waals surface area contributed by atoms with Crippen LogP contribution in [-0.4, -0.2) is 17.4 Å². The van der Waals surface area contributed by atoms with Crippen LogP contribution in [0.2, 0.25) is 0 Å². The summed E-state index contributed by atoms with van der Waals surface area (Å²) in [6, 6.07) is 9.44. The van der Waals surface area contributed by atoms with Gasteiger partial charge in [-0.05, 0) is 5.56 Å². The van der Waals surface area contributed by atoms with Crippen LogP contribution in [0.4, 0.5) is 0 Å². The predicted molar refractivity (Wildman–Crippen MR) is 95.5 cm³/mol. The van der Waals surface area contributed by atoms with Crippen molar-refractivity contribution in [3.63, 3.8) is 0 Å². The molecule has 0 saturated carbocycles. The lowest BCUT2D eigenvalue weighted by Gasteiger charge is -2.14. The summed E-state index contributed by atoms with van der Waals surface area (Å²) in [7, 11) is 0. The van der Waals surface area contributed by atoms with E-state index in [1.54, 1.807) is 11.3 Å². The molecule has 23 heavy (non-hydrogen) atoms. The Balaban J connectivity index is 1.76. The minimum Gasteiger partial charge on any atom is -0.356 e. The molecular weight excluding hydrogens is 306 g/mol. The topological polar surface area (TPSA) is 68.0 Å². The monoisotopic (exact) mass is 331 g/mol. The third-order valence-electron chi connectivity index (χ3n) is 3.61. The van der Waals surface area contributed by atoms with Gasteiger partial charge in [0.15, 0.2) is 0 Å². The summed E-state index contributed by atoms with van der Waals surface area (Å²) in [5, 5.41) is 6.09. The Morgan fingerprint density at radius 2 is 2.00 bits per heavy atom. The summed E-state index contributed by atoms with van der Waals surface area (Å²) in [4.78, 5) is 16.6. The van der Waals surface area contributed by atoms with Crippen molar-refractivity contribution < 1.29 is 4.79 Å². The van der Waals surface area contributed by atoms with E-state index < -0.39 is 0 Å². The Morgan fingerprint density at radius 1 is 1.30 bits per heavy atom. The SMILES string of the molecule is CC(C)(C)c1csc(CCNC(=O)CC(N)c2ccccc2)n1. The summed E-state index contributed by atoms with van der Waals surface area (Å²) < 4.78 is 0.